The van der Waals surface area contributed by atoms with E-state index in [0.717, 1.165) is 38.4 Å². The molecule has 0 aromatic carbocycles. The van der Waals surface area contributed by atoms with Gasteiger partial charge in [0.1, 0.15) is 11.3 Å². The minimum absolute atomic E-state index is 0.0451. The number of hydrogen-bond acceptors (Lipinski definition) is 3. The van der Waals surface area contributed by atoms with Gasteiger partial charge in [0.2, 0.25) is 5.91 Å². The molecule has 1 amide bonds. The third-order valence-electron chi connectivity index (χ3n) is 6.37. The molecule has 4 rings (SSSR count). The zero-order chi connectivity index (χ0) is 20.8. The Morgan fingerprint density at radius 2 is 2.03 bits per heavy atom. The van der Waals surface area contributed by atoms with Gasteiger partial charge >= 0.3 is 6.18 Å². The average molecular weight is 409 g/mol. The summed E-state index contributed by atoms with van der Waals surface area (Å²) < 4.78 is 40.7. The maximum atomic E-state index is 13.0. The van der Waals surface area contributed by atoms with Crippen LogP contribution < -0.4 is 0 Å². The standard InChI is InChI=1S/C21H26F3N3O2/c1-2-3-16(11-28)19(29)27-12-20(13-27)8-14(9-20)10-26-7-6-15-4-5-17(21(22,23)24)25-18(15)26/h4-7,14,16,28H,2-3,8-13H2,1H3/t16-/m1/s1. The number of likely N-dealkylation sites (tertiary alicyclic amines) is 1. The molecule has 1 aliphatic heterocycles. The molecule has 29 heavy (non-hydrogen) atoms. The van der Waals surface area contributed by atoms with E-state index in [2.05, 4.69) is 4.98 Å². The summed E-state index contributed by atoms with van der Waals surface area (Å²) in [7, 11) is 0. The molecule has 5 nitrogen and oxygen atoms in total. The lowest BCUT2D eigenvalue weighted by molar-refractivity contribution is -0.161. The van der Waals surface area contributed by atoms with E-state index in [1.54, 1.807) is 12.3 Å². The largest absolute Gasteiger partial charge is 0.433 e. The number of hydrogen-bond donors (Lipinski definition) is 1. The highest BCUT2D eigenvalue weighted by molar-refractivity contribution is 5.80. The van der Waals surface area contributed by atoms with Crippen molar-refractivity contribution in [3.05, 3.63) is 30.1 Å². The monoisotopic (exact) mass is 409 g/mol. The summed E-state index contributed by atoms with van der Waals surface area (Å²) >= 11 is 0. The molecule has 2 aliphatic rings. The predicted molar refractivity (Wildman–Crippen MR) is 102 cm³/mol. The molecule has 1 saturated heterocycles. The molecule has 1 atom stereocenters. The molecule has 3 heterocycles. The lowest BCUT2D eigenvalue weighted by Gasteiger charge is -2.59. The molecular weight excluding hydrogens is 383 g/mol. The number of carbonyl (C=O) groups is 1. The molecule has 0 unspecified atom stereocenters. The van der Waals surface area contributed by atoms with Gasteiger partial charge in [-0.2, -0.15) is 13.2 Å². The number of pyridine rings is 1. The lowest BCUT2D eigenvalue weighted by atomic mass is 9.57. The highest BCUT2D eigenvalue weighted by Gasteiger charge is 2.53. The molecule has 2 fully saturated rings. The quantitative estimate of drug-likeness (QED) is 0.792. The van der Waals surface area contributed by atoms with Crippen molar-refractivity contribution in [2.75, 3.05) is 19.7 Å². The van der Waals surface area contributed by atoms with Crippen molar-refractivity contribution in [1.29, 1.82) is 0 Å². The van der Waals surface area contributed by atoms with E-state index in [9.17, 15) is 23.1 Å². The van der Waals surface area contributed by atoms with Gasteiger partial charge in [-0.25, -0.2) is 4.98 Å². The summed E-state index contributed by atoms with van der Waals surface area (Å²) in [6.45, 7) is 3.99. The van der Waals surface area contributed by atoms with Gasteiger partial charge in [0.15, 0.2) is 0 Å². The summed E-state index contributed by atoms with van der Waals surface area (Å²) in [4.78, 5) is 18.1. The highest BCUT2D eigenvalue weighted by atomic mass is 19.4. The van der Waals surface area contributed by atoms with E-state index in [1.165, 1.54) is 6.07 Å². The first-order valence-electron chi connectivity index (χ1n) is 10.2. The van der Waals surface area contributed by atoms with Crippen LogP contribution >= 0.6 is 0 Å². The van der Waals surface area contributed by atoms with Gasteiger partial charge in [0.05, 0.1) is 12.5 Å². The fourth-order valence-corrected chi connectivity index (χ4v) is 5.01. The van der Waals surface area contributed by atoms with Gasteiger partial charge < -0.3 is 14.6 Å². The van der Waals surface area contributed by atoms with Crippen LogP contribution in [0.4, 0.5) is 13.2 Å². The second-order valence-electron chi connectivity index (χ2n) is 8.71. The van der Waals surface area contributed by atoms with E-state index in [-0.39, 0.29) is 23.8 Å². The van der Waals surface area contributed by atoms with Gasteiger partial charge in [-0.3, -0.25) is 4.79 Å². The number of amides is 1. The number of rotatable bonds is 6. The van der Waals surface area contributed by atoms with E-state index in [4.69, 9.17) is 0 Å². The van der Waals surface area contributed by atoms with Crippen molar-refractivity contribution in [1.82, 2.24) is 14.5 Å². The Morgan fingerprint density at radius 3 is 2.66 bits per heavy atom. The first-order chi connectivity index (χ1) is 13.7. The molecule has 1 aliphatic carbocycles. The number of aliphatic hydroxyl groups excluding tert-OH is 1. The fourth-order valence-electron chi connectivity index (χ4n) is 5.01. The number of nitrogens with zero attached hydrogens (tertiary/aromatic N) is 3. The van der Waals surface area contributed by atoms with Crippen molar-refractivity contribution in [3.8, 4) is 0 Å². The average Bonchev–Trinajstić information content (AvgIpc) is 3.01. The number of aromatic nitrogens is 2. The number of fused-ring (bicyclic) bond motifs is 1. The van der Waals surface area contributed by atoms with Crippen molar-refractivity contribution < 1.29 is 23.1 Å². The molecule has 8 heteroatoms. The van der Waals surface area contributed by atoms with E-state index in [1.807, 2.05) is 16.4 Å². The Bertz CT molecular complexity index is 894. The van der Waals surface area contributed by atoms with Crippen molar-refractivity contribution in [3.63, 3.8) is 0 Å². The van der Waals surface area contributed by atoms with Crippen LogP contribution in [0.5, 0.6) is 0 Å². The normalized spacial score (nSPS) is 20.0. The third kappa shape index (κ3) is 3.74. The SMILES string of the molecule is CCC[C@H](CO)C(=O)N1CC2(CC(Cn3ccc4ccc(C(F)(F)F)nc43)C2)C1. The Kier molecular flexibility index (Phi) is 5.09. The fraction of sp³-hybridized carbons (Fsp3) is 0.619. The minimum Gasteiger partial charge on any atom is -0.396 e. The molecule has 1 saturated carbocycles. The molecule has 1 N–H and O–H groups in total. The van der Waals surface area contributed by atoms with Gasteiger partial charge in [0.25, 0.3) is 0 Å². The Labute approximate surface area is 167 Å². The summed E-state index contributed by atoms with van der Waals surface area (Å²) in [6, 6.07) is 4.28. The zero-order valence-corrected chi connectivity index (χ0v) is 16.5. The zero-order valence-electron chi connectivity index (χ0n) is 16.5. The van der Waals surface area contributed by atoms with Crippen molar-refractivity contribution >= 4 is 16.9 Å². The van der Waals surface area contributed by atoms with Gasteiger partial charge in [-0.05, 0) is 43.4 Å². The van der Waals surface area contributed by atoms with Crippen molar-refractivity contribution in [2.24, 2.45) is 17.3 Å². The van der Waals surface area contributed by atoms with E-state index < -0.39 is 11.9 Å². The molecule has 2 aromatic heterocycles. The summed E-state index contributed by atoms with van der Waals surface area (Å²) in [5.74, 6) is 0.126. The molecule has 1 spiro atoms. The topological polar surface area (TPSA) is 58.4 Å². The summed E-state index contributed by atoms with van der Waals surface area (Å²) in [6.07, 6.45) is 0.855. The Balaban J connectivity index is 1.35. The maximum Gasteiger partial charge on any atom is 0.433 e. The predicted octanol–water partition coefficient (Wildman–Crippen LogP) is 3.70. The number of carbonyl (C=O) groups excluding carboxylic acids is 1. The van der Waals surface area contributed by atoms with E-state index >= 15 is 0 Å². The molecule has 2 aromatic rings. The van der Waals surface area contributed by atoms with Crippen LogP contribution in [0.2, 0.25) is 0 Å². The van der Waals surface area contributed by atoms with Gasteiger partial charge in [0, 0.05) is 36.6 Å². The maximum absolute atomic E-state index is 13.0. The van der Waals surface area contributed by atoms with Crippen LogP contribution in [0.1, 0.15) is 38.3 Å². The Morgan fingerprint density at radius 1 is 1.31 bits per heavy atom. The first-order valence-corrected chi connectivity index (χ1v) is 10.2. The second-order valence-corrected chi connectivity index (χ2v) is 8.71. The first kappa shape index (κ1) is 20.2. The molecular formula is C21H26F3N3O2. The lowest BCUT2D eigenvalue weighted by Crippen LogP contribution is -2.65. The van der Waals surface area contributed by atoms with Crippen LogP contribution in [-0.4, -0.2) is 45.2 Å². The Hall–Kier alpha value is -2.09. The van der Waals surface area contributed by atoms with Gasteiger partial charge in [-0.1, -0.05) is 13.3 Å². The molecule has 0 radical (unpaired) electrons. The number of aliphatic hydroxyl groups is 1. The summed E-state index contributed by atoms with van der Waals surface area (Å²) in [5.41, 5.74) is -0.342. The molecule has 158 valence electrons. The number of alkyl halides is 3. The van der Waals surface area contributed by atoms with Crippen molar-refractivity contribution in [2.45, 2.75) is 45.3 Å². The molecule has 0 bridgehead atoms. The van der Waals surface area contributed by atoms with Crippen LogP contribution in [0.3, 0.4) is 0 Å². The van der Waals surface area contributed by atoms with Crippen LogP contribution in [0.15, 0.2) is 24.4 Å². The number of halogens is 3. The third-order valence-corrected chi connectivity index (χ3v) is 6.37. The smallest absolute Gasteiger partial charge is 0.396 e. The van der Waals surface area contributed by atoms with Crippen LogP contribution in [-0.2, 0) is 17.5 Å². The highest BCUT2D eigenvalue weighted by Crippen LogP contribution is 2.52. The second kappa shape index (κ2) is 7.31. The van der Waals surface area contributed by atoms with E-state index in [0.29, 0.717) is 29.9 Å². The minimum atomic E-state index is -4.45. The summed E-state index contributed by atoms with van der Waals surface area (Å²) in [5, 5.41) is 10.1. The van der Waals surface area contributed by atoms with Gasteiger partial charge in [-0.15, -0.1) is 0 Å². The van der Waals surface area contributed by atoms with Crippen LogP contribution in [0, 0.1) is 17.3 Å². The van der Waals surface area contributed by atoms with Crippen LogP contribution in [0.25, 0.3) is 11.0 Å².